The molecule has 2 rings (SSSR count). The predicted octanol–water partition coefficient (Wildman–Crippen LogP) is -0.567. The Kier molecular flexibility index (Phi) is 65.9. The van der Waals surface area contributed by atoms with Gasteiger partial charge in [0.05, 0.1) is 13.3 Å². The number of primary amides is 1. The molecule has 29 heteroatoms. The van der Waals surface area contributed by atoms with E-state index in [1.807, 2.05) is 31.4 Å². The van der Waals surface area contributed by atoms with Crippen LogP contribution in [0.15, 0.2) is 5.86 Å². The maximum absolute atomic E-state index is 11.0. The molecule has 0 saturated carbocycles. The number of ether oxygens (including phenoxy) is 1. The van der Waals surface area contributed by atoms with Crippen molar-refractivity contribution in [3.63, 3.8) is 0 Å². The van der Waals surface area contributed by atoms with Gasteiger partial charge in [-0.1, -0.05) is 21.3 Å². The van der Waals surface area contributed by atoms with Gasteiger partial charge in [-0.15, -0.1) is 0 Å². The van der Waals surface area contributed by atoms with Gasteiger partial charge in [0.1, 0.15) is 35.5 Å². The van der Waals surface area contributed by atoms with Crippen molar-refractivity contribution >= 4 is 123 Å². The van der Waals surface area contributed by atoms with E-state index in [4.69, 9.17) is 0 Å². The molecular formula is C41H81B6N6O15S2. The first kappa shape index (κ1) is 88.3. The summed E-state index contributed by atoms with van der Waals surface area (Å²) in [6, 6.07) is 0. The third-order valence-corrected chi connectivity index (χ3v) is 8.43. The maximum Gasteiger partial charge on any atom is 0.214 e. The summed E-state index contributed by atoms with van der Waals surface area (Å²) < 4.78 is 45.3. The first-order valence-electron chi connectivity index (χ1n) is 20.3. The minimum absolute atomic E-state index is 0. The third kappa shape index (κ3) is 80.4. The Morgan fingerprint density at radius 2 is 0.871 bits per heavy atom. The first-order valence-corrected chi connectivity index (χ1v) is 24.4. The minimum Gasteiger partial charge on any atom is -0.377 e. The van der Waals surface area contributed by atoms with E-state index < -0.39 is 19.7 Å². The molecule has 0 aromatic carbocycles. The van der Waals surface area contributed by atoms with Gasteiger partial charge < -0.3 is 34.9 Å². The number of amides is 6. The molecule has 0 saturated heterocycles. The van der Waals surface area contributed by atoms with Gasteiger partial charge in [0.25, 0.3) is 0 Å². The predicted molar refractivity (Wildman–Crippen MR) is 284 cm³/mol. The van der Waals surface area contributed by atoms with Crippen LogP contribution in [-0.2, 0) is 85.4 Å². The fourth-order valence-electron chi connectivity index (χ4n) is 3.53. The van der Waals surface area contributed by atoms with Crippen molar-refractivity contribution in [3.8, 4) is 0 Å². The van der Waals surface area contributed by atoms with Crippen LogP contribution in [0.5, 0.6) is 0 Å². The Balaban J connectivity index is -0.0000000741. The second kappa shape index (κ2) is 52.2. The Bertz CT molecular complexity index is 1750. The van der Waals surface area contributed by atoms with Crippen molar-refractivity contribution in [1.29, 1.82) is 0 Å². The Morgan fingerprint density at radius 3 is 1.01 bits per heavy atom. The van der Waals surface area contributed by atoms with E-state index in [0.29, 0.717) is 13.3 Å². The number of fused-ring (bicyclic) bond motifs is 1. The Hall–Kier alpha value is -4.64. The van der Waals surface area contributed by atoms with Crippen LogP contribution in [0.1, 0.15) is 108 Å². The summed E-state index contributed by atoms with van der Waals surface area (Å²) in [5.41, 5.74) is 7.04. The number of Topliss-reactive ketones (excluding diaryl/α,β-unsaturated/α-hetero) is 4. The molecule has 1 aliphatic heterocycles. The van der Waals surface area contributed by atoms with Crippen LogP contribution < -0.4 is 5.73 Å². The number of carbonyl (C=O) groups excluding carboxylic acids is 10. The van der Waals surface area contributed by atoms with Gasteiger partial charge in [-0.2, -0.15) is 0 Å². The molecule has 1 aromatic heterocycles. The minimum atomic E-state index is -3.07. The molecule has 2 heterocycles. The molecule has 1 aromatic rings. The molecule has 7 radical (unpaired) electrons. The average molecular weight is 1030 g/mol. The van der Waals surface area contributed by atoms with E-state index in [1.54, 1.807) is 35.1 Å². The Labute approximate surface area is 427 Å². The molecule has 21 nitrogen and oxygen atoms in total. The number of nitrogens with zero attached hydrogens (tertiary/aromatic N) is 5. The van der Waals surface area contributed by atoms with Gasteiger partial charge in [0, 0.05) is 106 Å². The topological polar surface area (TPSA) is 290 Å². The number of nitrogens with two attached hydrogens (primary N) is 1. The van der Waals surface area contributed by atoms with Crippen LogP contribution >= 0.6 is 0 Å². The van der Waals surface area contributed by atoms with Crippen LogP contribution in [0.25, 0.3) is 0 Å². The molecule has 6 amide bonds. The van der Waals surface area contributed by atoms with Crippen LogP contribution in [0.2, 0.25) is 0 Å². The molecule has 70 heavy (non-hydrogen) atoms. The molecule has 0 fully saturated rings. The normalized spacial score (nSPS) is 9.34. The van der Waals surface area contributed by atoms with Crippen molar-refractivity contribution in [2.24, 2.45) is 5.73 Å². The second-order valence-electron chi connectivity index (χ2n) is 14.5. The van der Waals surface area contributed by atoms with E-state index in [0.717, 1.165) is 25.6 Å². The summed E-state index contributed by atoms with van der Waals surface area (Å²) in [6.07, 6.45) is 2.07. The monoisotopic (exact) mass is 1030 g/mol. The van der Waals surface area contributed by atoms with E-state index in [2.05, 4.69) is 39.7 Å². The van der Waals surface area contributed by atoms with E-state index in [9.17, 15) is 64.8 Å². The van der Waals surface area contributed by atoms with E-state index in [1.165, 1.54) is 107 Å². The Morgan fingerprint density at radius 1 is 0.614 bits per heavy atom. The summed E-state index contributed by atoms with van der Waals surface area (Å²) in [4.78, 5) is 110. The molecule has 2 N–H and O–H groups in total. The molecule has 0 spiro atoms. The summed E-state index contributed by atoms with van der Waals surface area (Å²) >= 11 is 0. The fraction of sp³-hybridized carbons (Fsp3) is 0.683. The second-order valence-corrected chi connectivity index (χ2v) is 18.8. The van der Waals surface area contributed by atoms with Gasteiger partial charge in [-0.05, 0) is 34.6 Å². The van der Waals surface area contributed by atoms with Gasteiger partial charge in [-0.3, -0.25) is 38.4 Å². The molecule has 0 aliphatic carbocycles. The van der Waals surface area contributed by atoms with Crippen molar-refractivity contribution < 1.29 is 69.5 Å². The molecule has 395 valence electrons. The number of hydrogen-bond donors (Lipinski definition) is 1. The molecule has 0 unspecified atom stereocenters. The third-order valence-electron chi connectivity index (χ3n) is 6.56. The number of hydrogen-bond acceptors (Lipinski definition) is 15. The fourth-order valence-corrected chi connectivity index (χ4v) is 5.01. The van der Waals surface area contributed by atoms with Crippen molar-refractivity contribution in [2.45, 2.75) is 111 Å². The maximum atomic E-state index is 11.0. The average Bonchev–Trinajstić information content (AvgIpc) is 3.60. The summed E-state index contributed by atoms with van der Waals surface area (Å²) in [7, 11) is 9.97. The SMILES string of the molecule is C.CC.CC(=O)CS(C)(=O)=O.CC(=O)CS(C)(=O)=O.CC(=O)N(C)CN(C)C(C)=O.CC(=O)N(C)CN(C)C(C)=O.CC(=O)N1Cc2bbcbc2C1.CC(C)=O.CC(N)=O.COCC(C)=O.[B].[B][B]. The molecule has 0 bridgehead atoms. The van der Waals surface area contributed by atoms with Crippen molar-refractivity contribution in [3.05, 3.63) is 16.8 Å². The standard InChI is InChI=1S/C7H8B3NO.2C7H14N2O2.2C4H8O3S.C4H8O2.C3H6O.C2H5NO.C2H6.CH4.B2.B/c1-5(12)11-2-6-7(3-11)10-9-4-8-6;2*1-6(10)8(3)5-9(4)7(2)11;2*1-4(5)3-8(2,6)7;1-4(5)3-6-2;1-3(2)4;1-2(3)4;1-2;;1-2;/h4H,2-3H2,1H3;2*5H2,1-4H3;2*3H2,1-2H3;3H2,1-2H3;1-2H3;1H3,(H2,3,4);1-2H3;1H4;;. The van der Waals surface area contributed by atoms with Gasteiger partial charge in [0.2, 0.25) is 29.5 Å². The van der Waals surface area contributed by atoms with Crippen molar-refractivity contribution in [2.75, 3.05) is 79.3 Å². The quantitative estimate of drug-likeness (QED) is 0.227. The van der Waals surface area contributed by atoms with Gasteiger partial charge in [0.15, 0.2) is 25.5 Å². The molecule has 0 atom stereocenters. The van der Waals surface area contributed by atoms with Crippen LogP contribution in [-0.4, -0.2) is 224 Å². The van der Waals surface area contributed by atoms with Crippen LogP contribution in [0, 0.1) is 0 Å². The number of carbonyl (C=O) groups is 10. The number of sulfone groups is 2. The largest absolute Gasteiger partial charge is 0.377 e. The van der Waals surface area contributed by atoms with Gasteiger partial charge in [-0.25, -0.2) is 16.8 Å². The molecule has 1 aliphatic rings. The van der Waals surface area contributed by atoms with Crippen molar-refractivity contribution in [1.82, 2.24) is 24.5 Å². The van der Waals surface area contributed by atoms with Crippen LogP contribution in [0.3, 0.4) is 0 Å². The van der Waals surface area contributed by atoms with Gasteiger partial charge >= 0.3 is 72.9 Å². The first-order chi connectivity index (χ1) is 30.7. The summed E-state index contributed by atoms with van der Waals surface area (Å²) in [6.45, 7) is 28.5. The summed E-state index contributed by atoms with van der Waals surface area (Å²) in [5, 5.41) is 0. The van der Waals surface area contributed by atoms with E-state index >= 15 is 0 Å². The zero-order valence-corrected chi connectivity index (χ0v) is 46.4. The van der Waals surface area contributed by atoms with Crippen LogP contribution in [0.4, 0.5) is 0 Å². The summed E-state index contributed by atoms with van der Waals surface area (Å²) in [5.74, 6) is 0.596. The van der Waals surface area contributed by atoms with E-state index in [-0.39, 0.29) is 92.5 Å². The number of rotatable bonds is 10. The smallest absolute Gasteiger partial charge is 0.214 e. The number of ketones is 4. The zero-order valence-electron chi connectivity index (χ0n) is 44.7. The number of methoxy groups -OCH3 is 1. The molecular weight excluding hydrogens is 945 g/mol. The zero-order chi connectivity index (χ0) is 56.3.